The summed E-state index contributed by atoms with van der Waals surface area (Å²) in [5.41, 5.74) is 1.29. The number of benzene rings is 1. The first-order chi connectivity index (χ1) is 13.2. The van der Waals surface area contributed by atoms with Crippen LogP contribution in [0, 0.1) is 0 Å². The number of carbonyl (C=O) groups is 1. The van der Waals surface area contributed by atoms with Crippen LogP contribution < -0.4 is 10.6 Å². The largest absolute Gasteiger partial charge is 0.373 e. The predicted molar refractivity (Wildman–Crippen MR) is 102 cm³/mol. The second-order valence-electron chi connectivity index (χ2n) is 6.78. The first-order valence-corrected chi connectivity index (χ1v) is 9.44. The maximum atomic E-state index is 12.2. The molecule has 2 atom stereocenters. The van der Waals surface area contributed by atoms with Gasteiger partial charge in [0.05, 0.1) is 25.3 Å². The quantitative estimate of drug-likeness (QED) is 0.767. The molecule has 1 fully saturated rings. The maximum absolute atomic E-state index is 12.2. The molecule has 1 aromatic heterocycles. The molecule has 8 nitrogen and oxygen atoms in total. The van der Waals surface area contributed by atoms with Gasteiger partial charge in [-0.1, -0.05) is 30.3 Å². The van der Waals surface area contributed by atoms with E-state index in [9.17, 15) is 4.79 Å². The summed E-state index contributed by atoms with van der Waals surface area (Å²) >= 11 is 0. The maximum Gasteiger partial charge on any atom is 0.315 e. The van der Waals surface area contributed by atoms with E-state index in [4.69, 9.17) is 4.74 Å². The van der Waals surface area contributed by atoms with E-state index >= 15 is 0 Å². The highest BCUT2D eigenvalue weighted by atomic mass is 16.5. The van der Waals surface area contributed by atoms with Crippen molar-refractivity contribution in [1.29, 1.82) is 0 Å². The van der Waals surface area contributed by atoms with E-state index in [1.165, 1.54) is 5.56 Å². The predicted octanol–water partition coefficient (Wildman–Crippen LogP) is 1.39. The van der Waals surface area contributed by atoms with Crippen LogP contribution in [0.1, 0.15) is 25.2 Å². The Morgan fingerprint density at radius 1 is 1.37 bits per heavy atom. The molecule has 2 heterocycles. The molecule has 1 aromatic carbocycles. The molecule has 3 rings (SSSR count). The van der Waals surface area contributed by atoms with E-state index in [0.29, 0.717) is 13.2 Å². The van der Waals surface area contributed by atoms with Gasteiger partial charge in [0.25, 0.3) is 0 Å². The fourth-order valence-electron chi connectivity index (χ4n) is 3.21. The van der Waals surface area contributed by atoms with Crippen molar-refractivity contribution in [3.63, 3.8) is 0 Å². The average Bonchev–Trinajstić information content (AvgIpc) is 3.15. The van der Waals surface area contributed by atoms with Crippen LogP contribution in [0.25, 0.3) is 0 Å². The van der Waals surface area contributed by atoms with Crippen molar-refractivity contribution in [2.75, 3.05) is 19.7 Å². The van der Waals surface area contributed by atoms with Gasteiger partial charge in [0, 0.05) is 26.2 Å². The minimum absolute atomic E-state index is 0.0347. The Bertz CT molecular complexity index is 720. The van der Waals surface area contributed by atoms with E-state index in [1.807, 2.05) is 24.5 Å². The average molecular weight is 372 g/mol. The first kappa shape index (κ1) is 19.3. The van der Waals surface area contributed by atoms with Crippen molar-refractivity contribution in [2.24, 2.45) is 0 Å². The third kappa shape index (κ3) is 5.51. The lowest BCUT2D eigenvalue weighted by atomic mass is 10.1. The van der Waals surface area contributed by atoms with Gasteiger partial charge in [-0.25, -0.2) is 4.79 Å². The Morgan fingerprint density at radius 2 is 2.19 bits per heavy atom. The van der Waals surface area contributed by atoms with E-state index in [1.54, 1.807) is 6.33 Å². The van der Waals surface area contributed by atoms with Gasteiger partial charge in [0.15, 0.2) is 5.82 Å². The third-order valence-electron chi connectivity index (χ3n) is 4.79. The first-order valence-electron chi connectivity index (χ1n) is 9.44. The van der Waals surface area contributed by atoms with Gasteiger partial charge in [-0.2, -0.15) is 0 Å². The van der Waals surface area contributed by atoms with Gasteiger partial charge < -0.3 is 19.9 Å². The molecule has 0 aliphatic carbocycles. The number of hydrogen-bond acceptors (Lipinski definition) is 5. The number of nitrogens with one attached hydrogen (secondary N) is 2. The zero-order valence-corrected chi connectivity index (χ0v) is 16.0. The standard InChI is InChI=1S/C19H28N6O2/c1-3-25-14-21-23-18(25)11-20-19(26)22-15(2)17-13-24(9-10-27-17)12-16-7-5-4-6-8-16/h4-8,14-15,17H,3,9-13H2,1-2H3,(H2,20,22,26). The van der Waals surface area contributed by atoms with Crippen molar-refractivity contribution in [3.05, 3.63) is 48.0 Å². The Balaban J connectivity index is 1.45. The molecule has 0 spiro atoms. The zero-order chi connectivity index (χ0) is 19.1. The Morgan fingerprint density at radius 3 is 2.96 bits per heavy atom. The Labute approximate surface area is 159 Å². The summed E-state index contributed by atoms with van der Waals surface area (Å²) in [6.07, 6.45) is 1.63. The number of aromatic nitrogens is 3. The fraction of sp³-hybridized carbons (Fsp3) is 0.526. The highest BCUT2D eigenvalue weighted by molar-refractivity contribution is 5.74. The van der Waals surface area contributed by atoms with Crippen LogP contribution in [0.15, 0.2) is 36.7 Å². The number of urea groups is 1. The van der Waals surface area contributed by atoms with Crippen molar-refractivity contribution in [1.82, 2.24) is 30.3 Å². The second-order valence-corrected chi connectivity index (χ2v) is 6.78. The highest BCUT2D eigenvalue weighted by Gasteiger charge is 2.26. The van der Waals surface area contributed by atoms with Crippen molar-refractivity contribution in [3.8, 4) is 0 Å². The normalized spacial score (nSPS) is 18.8. The molecule has 2 amide bonds. The van der Waals surface area contributed by atoms with Gasteiger partial charge in [-0.05, 0) is 19.4 Å². The minimum Gasteiger partial charge on any atom is -0.373 e. The summed E-state index contributed by atoms with van der Waals surface area (Å²) in [6, 6.07) is 10.1. The molecule has 1 aliphatic rings. The van der Waals surface area contributed by atoms with Crippen LogP contribution >= 0.6 is 0 Å². The van der Waals surface area contributed by atoms with E-state index in [0.717, 1.165) is 32.0 Å². The van der Waals surface area contributed by atoms with Gasteiger partial charge in [-0.3, -0.25) is 4.90 Å². The molecule has 2 aromatic rings. The molecule has 0 saturated carbocycles. The molecule has 8 heteroatoms. The molecule has 1 aliphatic heterocycles. The van der Waals surface area contributed by atoms with Gasteiger partial charge in [-0.15, -0.1) is 10.2 Å². The topological polar surface area (TPSA) is 84.3 Å². The zero-order valence-electron chi connectivity index (χ0n) is 16.0. The summed E-state index contributed by atoms with van der Waals surface area (Å²) in [6.45, 7) is 8.36. The lowest BCUT2D eigenvalue weighted by molar-refractivity contribution is -0.0442. The van der Waals surface area contributed by atoms with Crippen molar-refractivity contribution in [2.45, 2.75) is 45.6 Å². The van der Waals surface area contributed by atoms with Crippen LogP contribution in [0.3, 0.4) is 0 Å². The third-order valence-corrected chi connectivity index (χ3v) is 4.79. The fourth-order valence-corrected chi connectivity index (χ4v) is 3.21. The summed E-state index contributed by atoms with van der Waals surface area (Å²) in [7, 11) is 0. The Hall–Kier alpha value is -2.45. The molecule has 27 heavy (non-hydrogen) atoms. The number of amides is 2. The molecule has 2 N–H and O–H groups in total. The summed E-state index contributed by atoms with van der Waals surface area (Å²) in [5.74, 6) is 0.739. The molecular weight excluding hydrogens is 344 g/mol. The van der Waals surface area contributed by atoms with E-state index < -0.39 is 0 Å². The van der Waals surface area contributed by atoms with Crippen LogP contribution in [0.4, 0.5) is 4.79 Å². The number of rotatable bonds is 7. The monoisotopic (exact) mass is 372 g/mol. The molecular formula is C19H28N6O2. The van der Waals surface area contributed by atoms with Crippen molar-refractivity contribution < 1.29 is 9.53 Å². The minimum atomic E-state index is -0.225. The van der Waals surface area contributed by atoms with E-state index in [-0.39, 0.29) is 18.2 Å². The highest BCUT2D eigenvalue weighted by Crippen LogP contribution is 2.12. The van der Waals surface area contributed by atoms with Crippen molar-refractivity contribution >= 4 is 6.03 Å². The molecule has 0 radical (unpaired) electrons. The van der Waals surface area contributed by atoms with Crippen LogP contribution in [0.2, 0.25) is 0 Å². The summed E-state index contributed by atoms with van der Waals surface area (Å²) in [4.78, 5) is 14.6. The summed E-state index contributed by atoms with van der Waals surface area (Å²) < 4.78 is 7.78. The number of morpholine rings is 1. The SMILES string of the molecule is CCn1cnnc1CNC(=O)NC(C)C1CN(Cc2ccccc2)CCO1. The van der Waals surface area contributed by atoms with E-state index in [2.05, 4.69) is 50.0 Å². The van der Waals surface area contributed by atoms with Gasteiger partial charge in [0.1, 0.15) is 6.33 Å². The number of aryl methyl sites for hydroxylation is 1. The van der Waals surface area contributed by atoms with Gasteiger partial charge in [0.2, 0.25) is 0 Å². The smallest absolute Gasteiger partial charge is 0.315 e. The van der Waals surface area contributed by atoms with Crippen LogP contribution in [0.5, 0.6) is 0 Å². The molecule has 1 saturated heterocycles. The van der Waals surface area contributed by atoms with Crippen LogP contribution in [-0.4, -0.2) is 57.5 Å². The number of ether oxygens (including phenoxy) is 1. The molecule has 146 valence electrons. The molecule has 0 bridgehead atoms. The number of nitrogens with zero attached hydrogens (tertiary/aromatic N) is 4. The summed E-state index contributed by atoms with van der Waals surface area (Å²) in [5, 5.41) is 13.7. The molecule has 2 unspecified atom stereocenters. The lowest BCUT2D eigenvalue weighted by Gasteiger charge is -2.36. The lowest BCUT2D eigenvalue weighted by Crippen LogP contribution is -2.53. The van der Waals surface area contributed by atoms with Crippen LogP contribution in [-0.2, 0) is 24.4 Å². The Kier molecular flexibility index (Phi) is 6.78. The van der Waals surface area contributed by atoms with Gasteiger partial charge >= 0.3 is 6.03 Å². The second kappa shape index (κ2) is 9.48. The number of carbonyl (C=O) groups excluding carboxylic acids is 1. The number of hydrogen-bond donors (Lipinski definition) is 2.